The van der Waals surface area contributed by atoms with E-state index in [1.165, 1.54) is 16.7 Å². The molecule has 0 aliphatic carbocycles. The molecule has 1 aromatic heterocycles. The molecular formula is C16H13BrN2O. The minimum atomic E-state index is 0.702. The van der Waals surface area contributed by atoms with Gasteiger partial charge in [-0.1, -0.05) is 28.1 Å². The van der Waals surface area contributed by atoms with Crippen LogP contribution < -0.4 is 0 Å². The van der Waals surface area contributed by atoms with Crippen molar-refractivity contribution in [1.29, 1.82) is 0 Å². The van der Waals surface area contributed by atoms with Crippen molar-refractivity contribution in [1.82, 2.24) is 9.97 Å². The van der Waals surface area contributed by atoms with Crippen LogP contribution >= 0.6 is 15.9 Å². The molecule has 20 heavy (non-hydrogen) atoms. The van der Waals surface area contributed by atoms with E-state index in [2.05, 4.69) is 58.2 Å². The molecule has 100 valence electrons. The van der Waals surface area contributed by atoms with Gasteiger partial charge in [0.2, 0.25) is 0 Å². The van der Waals surface area contributed by atoms with Crippen LogP contribution in [-0.2, 0) is 18.0 Å². The summed E-state index contributed by atoms with van der Waals surface area (Å²) in [4.78, 5) is 8.13. The van der Waals surface area contributed by atoms with Crippen molar-refractivity contribution < 1.29 is 4.74 Å². The molecule has 1 aliphatic rings. The van der Waals surface area contributed by atoms with Crippen LogP contribution in [0.5, 0.6) is 0 Å². The van der Waals surface area contributed by atoms with E-state index in [9.17, 15) is 0 Å². The fourth-order valence-electron chi connectivity index (χ4n) is 2.70. The van der Waals surface area contributed by atoms with Crippen LogP contribution in [0.25, 0.3) is 22.4 Å². The van der Waals surface area contributed by atoms with Gasteiger partial charge in [-0.3, -0.25) is 0 Å². The molecule has 2 heterocycles. The van der Waals surface area contributed by atoms with E-state index in [-0.39, 0.29) is 0 Å². The minimum absolute atomic E-state index is 0.702. The number of halogens is 1. The Morgan fingerprint density at radius 1 is 1.15 bits per heavy atom. The highest BCUT2D eigenvalue weighted by atomic mass is 79.9. The summed E-state index contributed by atoms with van der Waals surface area (Å²) in [5, 5.41) is 0. The van der Waals surface area contributed by atoms with Crippen LogP contribution in [0, 0.1) is 6.92 Å². The lowest BCUT2D eigenvalue weighted by atomic mass is 10.1. The fourth-order valence-corrected chi connectivity index (χ4v) is 3.27. The minimum Gasteiger partial charge on any atom is -0.372 e. The molecule has 4 rings (SSSR count). The summed E-state index contributed by atoms with van der Waals surface area (Å²) in [7, 11) is 0. The highest BCUT2D eigenvalue weighted by Crippen LogP contribution is 2.29. The Kier molecular flexibility index (Phi) is 2.69. The van der Waals surface area contributed by atoms with Gasteiger partial charge in [0, 0.05) is 10.0 Å². The predicted octanol–water partition coefficient (Wildman–Crippen LogP) is 4.33. The van der Waals surface area contributed by atoms with E-state index in [1.807, 2.05) is 0 Å². The number of hydrogen-bond acceptors (Lipinski definition) is 2. The van der Waals surface area contributed by atoms with E-state index >= 15 is 0 Å². The second-order valence-electron chi connectivity index (χ2n) is 5.18. The van der Waals surface area contributed by atoms with Gasteiger partial charge < -0.3 is 9.72 Å². The number of fused-ring (bicyclic) bond motifs is 2. The van der Waals surface area contributed by atoms with Crippen LogP contribution in [0.3, 0.4) is 0 Å². The molecule has 4 heteroatoms. The molecule has 0 amide bonds. The Morgan fingerprint density at radius 2 is 2.00 bits per heavy atom. The van der Waals surface area contributed by atoms with Crippen molar-refractivity contribution in [2.24, 2.45) is 0 Å². The number of nitrogens with one attached hydrogen (secondary N) is 1. The van der Waals surface area contributed by atoms with Crippen molar-refractivity contribution in [3.8, 4) is 11.4 Å². The second kappa shape index (κ2) is 4.43. The Balaban J connectivity index is 1.88. The molecule has 0 fully saturated rings. The molecule has 3 nitrogen and oxygen atoms in total. The third-order valence-corrected chi connectivity index (χ3v) is 4.19. The molecule has 0 radical (unpaired) electrons. The Morgan fingerprint density at radius 3 is 2.90 bits per heavy atom. The molecule has 0 atom stereocenters. The number of aryl methyl sites for hydroxylation is 1. The summed E-state index contributed by atoms with van der Waals surface area (Å²) in [6.07, 6.45) is 0. The Bertz CT molecular complexity index is 823. The zero-order valence-corrected chi connectivity index (χ0v) is 12.6. The zero-order valence-electron chi connectivity index (χ0n) is 11.0. The zero-order chi connectivity index (χ0) is 13.7. The van der Waals surface area contributed by atoms with Gasteiger partial charge in [-0.25, -0.2) is 4.98 Å². The number of ether oxygens (including phenoxy) is 1. The summed E-state index contributed by atoms with van der Waals surface area (Å²) < 4.78 is 6.53. The van der Waals surface area contributed by atoms with Gasteiger partial charge in [-0.2, -0.15) is 0 Å². The summed E-state index contributed by atoms with van der Waals surface area (Å²) in [6, 6.07) is 10.6. The number of H-pyrrole nitrogens is 1. The number of aromatic nitrogens is 2. The molecule has 0 unspecified atom stereocenters. The first-order valence-corrected chi connectivity index (χ1v) is 7.36. The van der Waals surface area contributed by atoms with Crippen molar-refractivity contribution in [2.45, 2.75) is 20.1 Å². The largest absolute Gasteiger partial charge is 0.372 e. The normalized spacial score (nSPS) is 13.9. The van der Waals surface area contributed by atoms with Crippen molar-refractivity contribution in [3.05, 3.63) is 51.5 Å². The molecule has 1 aliphatic heterocycles. The van der Waals surface area contributed by atoms with Crippen molar-refractivity contribution >= 4 is 27.0 Å². The molecule has 1 N–H and O–H groups in total. The van der Waals surface area contributed by atoms with Gasteiger partial charge in [-0.05, 0) is 41.8 Å². The van der Waals surface area contributed by atoms with E-state index in [0.717, 1.165) is 33.5 Å². The van der Waals surface area contributed by atoms with Crippen LogP contribution in [0.4, 0.5) is 0 Å². The molecular weight excluding hydrogens is 316 g/mol. The summed E-state index contributed by atoms with van der Waals surface area (Å²) in [5.41, 5.74) is 6.91. The van der Waals surface area contributed by atoms with E-state index in [4.69, 9.17) is 9.72 Å². The van der Waals surface area contributed by atoms with Crippen LogP contribution in [0.15, 0.2) is 34.8 Å². The third-order valence-electron chi connectivity index (χ3n) is 3.74. The van der Waals surface area contributed by atoms with E-state index < -0.39 is 0 Å². The lowest BCUT2D eigenvalue weighted by molar-refractivity contribution is 0.134. The molecule has 0 saturated carbocycles. The van der Waals surface area contributed by atoms with Gasteiger partial charge in [0.1, 0.15) is 5.82 Å². The number of rotatable bonds is 1. The maximum atomic E-state index is 5.46. The molecule has 0 saturated heterocycles. The fraction of sp³-hybridized carbons (Fsp3) is 0.188. The van der Waals surface area contributed by atoms with Gasteiger partial charge in [0.15, 0.2) is 0 Å². The maximum absolute atomic E-state index is 5.46. The van der Waals surface area contributed by atoms with Gasteiger partial charge in [-0.15, -0.1) is 0 Å². The lowest BCUT2D eigenvalue weighted by Gasteiger charge is -2.00. The third kappa shape index (κ3) is 1.87. The molecule has 0 spiro atoms. The first-order valence-electron chi connectivity index (χ1n) is 6.56. The average Bonchev–Trinajstić information content (AvgIpc) is 3.03. The van der Waals surface area contributed by atoms with Gasteiger partial charge in [0.05, 0.1) is 24.2 Å². The SMILES string of the molecule is Cc1cc(Br)cc2[nH]c(-c3ccc4c(c3)COC4)nc12. The van der Waals surface area contributed by atoms with Gasteiger partial charge in [0.25, 0.3) is 0 Å². The molecule has 2 aromatic carbocycles. The monoisotopic (exact) mass is 328 g/mol. The quantitative estimate of drug-likeness (QED) is 0.721. The lowest BCUT2D eigenvalue weighted by Crippen LogP contribution is -1.86. The smallest absolute Gasteiger partial charge is 0.138 e. The first kappa shape index (κ1) is 12.1. The number of hydrogen-bond donors (Lipinski definition) is 1. The highest BCUT2D eigenvalue weighted by molar-refractivity contribution is 9.10. The highest BCUT2D eigenvalue weighted by Gasteiger charge is 2.14. The van der Waals surface area contributed by atoms with E-state index in [1.54, 1.807) is 0 Å². The van der Waals surface area contributed by atoms with Crippen LogP contribution in [-0.4, -0.2) is 9.97 Å². The Labute approximate surface area is 125 Å². The molecule has 3 aromatic rings. The predicted molar refractivity (Wildman–Crippen MR) is 82.5 cm³/mol. The van der Waals surface area contributed by atoms with E-state index in [0.29, 0.717) is 6.61 Å². The number of imidazole rings is 1. The van der Waals surface area contributed by atoms with Crippen molar-refractivity contribution in [2.75, 3.05) is 0 Å². The number of benzene rings is 2. The maximum Gasteiger partial charge on any atom is 0.138 e. The van der Waals surface area contributed by atoms with Gasteiger partial charge >= 0.3 is 0 Å². The first-order chi connectivity index (χ1) is 9.70. The number of nitrogens with zero attached hydrogens (tertiary/aromatic N) is 1. The Hall–Kier alpha value is -1.65. The summed E-state index contributed by atoms with van der Waals surface area (Å²) in [6.45, 7) is 3.50. The summed E-state index contributed by atoms with van der Waals surface area (Å²) >= 11 is 3.53. The topological polar surface area (TPSA) is 37.9 Å². The average molecular weight is 329 g/mol. The summed E-state index contributed by atoms with van der Waals surface area (Å²) in [5.74, 6) is 0.913. The number of aromatic amines is 1. The van der Waals surface area contributed by atoms with Crippen LogP contribution in [0.2, 0.25) is 0 Å². The standard InChI is InChI=1S/C16H13BrN2O/c1-9-4-13(17)6-14-15(9)19-16(18-14)10-2-3-11-7-20-8-12(11)5-10/h2-6H,7-8H2,1H3,(H,18,19). The second-order valence-corrected chi connectivity index (χ2v) is 6.10. The van der Waals surface area contributed by atoms with Crippen LogP contribution in [0.1, 0.15) is 16.7 Å². The van der Waals surface area contributed by atoms with Crippen molar-refractivity contribution in [3.63, 3.8) is 0 Å². The molecule has 0 bridgehead atoms.